The highest BCUT2D eigenvalue weighted by atomic mass is 15.0. The number of aromatic nitrogens is 2. The van der Waals surface area contributed by atoms with Crippen molar-refractivity contribution in [1.82, 2.24) is 9.97 Å². The van der Waals surface area contributed by atoms with Gasteiger partial charge in [0.25, 0.3) is 0 Å². The molecule has 1 aromatic carbocycles. The van der Waals surface area contributed by atoms with Crippen LogP contribution in [-0.2, 0) is 0 Å². The number of nitrogens with two attached hydrogens (primary N) is 1. The van der Waals surface area contributed by atoms with Crippen molar-refractivity contribution in [2.45, 2.75) is 6.92 Å². The quantitative estimate of drug-likeness (QED) is 0.732. The minimum Gasteiger partial charge on any atom is -0.396 e. The summed E-state index contributed by atoms with van der Waals surface area (Å²) < 4.78 is 0. The van der Waals surface area contributed by atoms with Gasteiger partial charge in [-0.15, -0.1) is 0 Å². The van der Waals surface area contributed by atoms with Crippen LogP contribution >= 0.6 is 0 Å². The third kappa shape index (κ3) is 2.20. The predicted molar refractivity (Wildman–Crippen MR) is 78.4 cm³/mol. The van der Waals surface area contributed by atoms with E-state index in [-0.39, 0.29) is 0 Å². The summed E-state index contributed by atoms with van der Waals surface area (Å²) >= 11 is 0. The number of nitrogens with one attached hydrogen (secondary N) is 1. The average molecular weight is 250 g/mol. The van der Waals surface area contributed by atoms with Gasteiger partial charge >= 0.3 is 0 Å². The minimum absolute atomic E-state index is 0.631. The first-order valence-electron chi connectivity index (χ1n) is 6.08. The highest BCUT2D eigenvalue weighted by Gasteiger charge is 2.05. The number of benzene rings is 1. The van der Waals surface area contributed by atoms with Crippen LogP contribution in [0.15, 0.2) is 48.7 Å². The Morgan fingerprint density at radius 3 is 2.84 bits per heavy atom. The monoisotopic (exact) mass is 250 g/mol. The normalized spacial score (nSPS) is 10.6. The van der Waals surface area contributed by atoms with Gasteiger partial charge in [0.05, 0.1) is 11.2 Å². The average Bonchev–Trinajstić information content (AvgIpc) is 2.43. The molecule has 0 amide bonds. The summed E-state index contributed by atoms with van der Waals surface area (Å²) in [5, 5.41) is 4.33. The first kappa shape index (κ1) is 11.5. The molecule has 0 spiro atoms. The molecule has 0 aliphatic heterocycles. The van der Waals surface area contributed by atoms with Gasteiger partial charge in [0.15, 0.2) is 5.82 Å². The summed E-state index contributed by atoms with van der Waals surface area (Å²) in [6.45, 7) is 1.94. The lowest BCUT2D eigenvalue weighted by atomic mass is 10.2. The number of hydrogen-bond donors (Lipinski definition) is 2. The van der Waals surface area contributed by atoms with Crippen LogP contribution < -0.4 is 11.1 Å². The van der Waals surface area contributed by atoms with Crippen molar-refractivity contribution in [3.8, 4) is 0 Å². The first-order chi connectivity index (χ1) is 9.24. The maximum Gasteiger partial charge on any atom is 0.153 e. The zero-order valence-corrected chi connectivity index (χ0v) is 10.6. The number of nitrogen functional groups attached to an aromatic ring is 1. The Morgan fingerprint density at radius 2 is 1.95 bits per heavy atom. The van der Waals surface area contributed by atoms with Crippen molar-refractivity contribution in [1.29, 1.82) is 0 Å². The molecule has 0 saturated carbocycles. The van der Waals surface area contributed by atoms with Crippen molar-refractivity contribution in [2.75, 3.05) is 11.1 Å². The number of fused-ring (bicyclic) bond motifs is 1. The molecular formula is C15H14N4. The fraction of sp³-hybridized carbons (Fsp3) is 0.0667. The molecule has 0 fully saturated rings. The summed E-state index contributed by atoms with van der Waals surface area (Å²) in [5.41, 5.74) is 9.40. The van der Waals surface area contributed by atoms with E-state index in [4.69, 9.17) is 5.73 Å². The van der Waals surface area contributed by atoms with Crippen LogP contribution in [0.2, 0.25) is 0 Å². The number of rotatable bonds is 2. The summed E-state index contributed by atoms with van der Waals surface area (Å²) in [5.74, 6) is 0.677. The van der Waals surface area contributed by atoms with Crippen molar-refractivity contribution in [2.24, 2.45) is 0 Å². The summed E-state index contributed by atoms with van der Waals surface area (Å²) in [4.78, 5) is 8.75. The van der Waals surface area contributed by atoms with Crippen molar-refractivity contribution in [3.05, 3.63) is 54.4 Å². The molecule has 3 N–H and O–H groups in total. The molecule has 2 aromatic heterocycles. The van der Waals surface area contributed by atoms with E-state index in [1.54, 1.807) is 6.20 Å². The Morgan fingerprint density at radius 1 is 1.05 bits per heavy atom. The first-order valence-corrected chi connectivity index (χ1v) is 6.08. The fourth-order valence-electron chi connectivity index (χ4n) is 2.01. The molecule has 0 radical (unpaired) electrons. The van der Waals surface area contributed by atoms with Crippen LogP contribution in [0.3, 0.4) is 0 Å². The van der Waals surface area contributed by atoms with Crippen LogP contribution in [0.4, 0.5) is 17.2 Å². The van der Waals surface area contributed by atoms with E-state index >= 15 is 0 Å². The van der Waals surface area contributed by atoms with E-state index in [9.17, 15) is 0 Å². The second kappa shape index (κ2) is 4.57. The maximum absolute atomic E-state index is 5.94. The third-order valence-corrected chi connectivity index (χ3v) is 2.96. The molecule has 4 heteroatoms. The Labute approximate surface area is 111 Å². The van der Waals surface area contributed by atoms with Gasteiger partial charge in [0, 0.05) is 23.0 Å². The topological polar surface area (TPSA) is 63.8 Å². The smallest absolute Gasteiger partial charge is 0.153 e. The van der Waals surface area contributed by atoms with Gasteiger partial charge in [-0.05, 0) is 43.3 Å². The molecule has 0 bridgehead atoms. The largest absolute Gasteiger partial charge is 0.396 e. The highest BCUT2D eigenvalue weighted by Crippen LogP contribution is 2.26. The molecule has 0 aliphatic rings. The number of aryl methyl sites for hydroxylation is 1. The summed E-state index contributed by atoms with van der Waals surface area (Å²) in [6.07, 6.45) is 1.78. The number of nitrogens with zero attached hydrogens (tertiary/aromatic N) is 2. The number of hydrogen-bond acceptors (Lipinski definition) is 4. The van der Waals surface area contributed by atoms with Crippen LogP contribution in [0.25, 0.3) is 10.9 Å². The zero-order valence-electron chi connectivity index (χ0n) is 10.6. The van der Waals surface area contributed by atoms with Crippen LogP contribution in [0.5, 0.6) is 0 Å². The lowest BCUT2D eigenvalue weighted by molar-refractivity contribution is 1.20. The van der Waals surface area contributed by atoms with Crippen molar-refractivity contribution >= 4 is 28.1 Å². The van der Waals surface area contributed by atoms with E-state index in [0.29, 0.717) is 11.5 Å². The van der Waals surface area contributed by atoms with E-state index in [1.807, 2.05) is 49.4 Å². The molecule has 0 aliphatic carbocycles. The SMILES string of the molecule is Cc1ccc(N)c(Nc2cccc3ncccc23)n1. The summed E-state index contributed by atoms with van der Waals surface area (Å²) in [7, 11) is 0. The Balaban J connectivity index is 2.08. The zero-order chi connectivity index (χ0) is 13.2. The van der Waals surface area contributed by atoms with E-state index in [0.717, 1.165) is 22.3 Å². The minimum atomic E-state index is 0.631. The fourth-order valence-corrected chi connectivity index (χ4v) is 2.01. The molecular weight excluding hydrogens is 236 g/mol. The highest BCUT2D eigenvalue weighted by molar-refractivity contribution is 5.93. The Hall–Kier alpha value is -2.62. The van der Waals surface area contributed by atoms with Crippen molar-refractivity contribution in [3.63, 3.8) is 0 Å². The molecule has 0 atom stereocenters. The van der Waals surface area contributed by atoms with E-state index in [1.165, 1.54) is 0 Å². The number of anilines is 3. The molecule has 0 unspecified atom stereocenters. The van der Waals surface area contributed by atoms with Crippen molar-refractivity contribution < 1.29 is 0 Å². The van der Waals surface area contributed by atoms with E-state index in [2.05, 4.69) is 15.3 Å². The molecule has 0 saturated heterocycles. The van der Waals surface area contributed by atoms with Gasteiger partial charge in [0.2, 0.25) is 0 Å². The van der Waals surface area contributed by atoms with Gasteiger partial charge in [-0.2, -0.15) is 0 Å². The van der Waals surface area contributed by atoms with Crippen LogP contribution in [0.1, 0.15) is 5.69 Å². The molecule has 2 heterocycles. The predicted octanol–water partition coefficient (Wildman–Crippen LogP) is 3.26. The second-order valence-corrected chi connectivity index (χ2v) is 4.39. The molecule has 3 aromatic rings. The Kier molecular flexibility index (Phi) is 2.76. The lowest BCUT2D eigenvalue weighted by Crippen LogP contribution is -2.00. The van der Waals surface area contributed by atoms with Gasteiger partial charge < -0.3 is 11.1 Å². The van der Waals surface area contributed by atoms with Crippen LogP contribution in [0, 0.1) is 6.92 Å². The summed E-state index contributed by atoms with van der Waals surface area (Å²) in [6, 6.07) is 13.6. The van der Waals surface area contributed by atoms with Gasteiger partial charge in [-0.25, -0.2) is 4.98 Å². The molecule has 19 heavy (non-hydrogen) atoms. The molecule has 94 valence electrons. The number of pyridine rings is 2. The third-order valence-electron chi connectivity index (χ3n) is 2.96. The standard InChI is InChI=1S/C15H14N4/c1-10-7-8-12(16)15(18-10)19-14-6-2-5-13-11(14)4-3-9-17-13/h2-9H,16H2,1H3,(H,18,19). The second-order valence-electron chi connectivity index (χ2n) is 4.39. The van der Waals surface area contributed by atoms with Gasteiger partial charge in [-0.3, -0.25) is 4.98 Å². The molecule has 3 rings (SSSR count). The molecule has 4 nitrogen and oxygen atoms in total. The lowest BCUT2D eigenvalue weighted by Gasteiger charge is -2.11. The van der Waals surface area contributed by atoms with Crippen LogP contribution in [-0.4, -0.2) is 9.97 Å². The Bertz CT molecular complexity index is 732. The van der Waals surface area contributed by atoms with Gasteiger partial charge in [-0.1, -0.05) is 6.07 Å². The maximum atomic E-state index is 5.94. The van der Waals surface area contributed by atoms with Gasteiger partial charge in [0.1, 0.15) is 0 Å². The van der Waals surface area contributed by atoms with E-state index < -0.39 is 0 Å².